The minimum Gasteiger partial charge on any atom is -0.497 e. The molecule has 0 amide bonds. The number of carbonyl (C=O) groups is 1. The zero-order valence-corrected chi connectivity index (χ0v) is 13.2. The van der Waals surface area contributed by atoms with Crippen LogP contribution in [0.2, 0.25) is 0 Å². The Labute approximate surface area is 119 Å². The number of ketones is 1. The lowest BCUT2D eigenvalue weighted by atomic mass is 10.0. The fraction of sp³-hybridized carbons (Fsp3) is 0.462. The van der Waals surface area contributed by atoms with Gasteiger partial charge in [-0.25, -0.2) is 0 Å². The number of hydrogen-bond acceptors (Lipinski definition) is 2. The van der Waals surface area contributed by atoms with Crippen LogP contribution in [-0.4, -0.2) is 17.7 Å². The van der Waals surface area contributed by atoms with E-state index < -0.39 is 0 Å². The van der Waals surface area contributed by atoms with Crippen LogP contribution in [0.4, 0.5) is 0 Å². The predicted molar refractivity (Wildman–Crippen MR) is 77.0 cm³/mol. The molecule has 0 spiro atoms. The summed E-state index contributed by atoms with van der Waals surface area (Å²) in [4.78, 5) is 11.6. The first-order valence-corrected chi connectivity index (χ1v) is 7.28. The van der Waals surface area contributed by atoms with Gasteiger partial charge < -0.3 is 4.74 Å². The average Bonchev–Trinajstić information content (AvgIpc) is 2.32. The van der Waals surface area contributed by atoms with Crippen molar-refractivity contribution < 1.29 is 9.53 Å². The summed E-state index contributed by atoms with van der Waals surface area (Å²) in [7, 11) is 1.64. The first-order chi connectivity index (χ1) is 8.08. The number of benzene rings is 1. The van der Waals surface area contributed by atoms with Crippen molar-refractivity contribution in [2.45, 2.75) is 31.0 Å². The molecule has 0 radical (unpaired) electrons. The second-order valence-corrected chi connectivity index (χ2v) is 5.80. The number of methoxy groups -OCH3 is 1. The zero-order valence-electron chi connectivity index (χ0n) is 10.0. The summed E-state index contributed by atoms with van der Waals surface area (Å²) in [6.45, 7) is 2.01. The summed E-state index contributed by atoms with van der Waals surface area (Å²) in [5.41, 5.74) is 1.08. The van der Waals surface area contributed by atoms with Gasteiger partial charge in [0.15, 0.2) is 0 Å². The monoisotopic (exact) mass is 362 g/mol. The number of carbonyl (C=O) groups excluding carboxylic acids is 1. The Morgan fingerprint density at radius 1 is 1.47 bits per heavy atom. The molecular formula is C13H16Br2O2. The van der Waals surface area contributed by atoms with Gasteiger partial charge in [0.1, 0.15) is 11.5 Å². The van der Waals surface area contributed by atoms with Gasteiger partial charge in [0, 0.05) is 10.9 Å². The largest absolute Gasteiger partial charge is 0.497 e. The van der Waals surface area contributed by atoms with Gasteiger partial charge in [0.05, 0.1) is 11.9 Å². The molecule has 94 valence electrons. The normalized spacial score (nSPS) is 12.2. The number of alkyl halides is 1. The Kier molecular flexibility index (Phi) is 6.20. The van der Waals surface area contributed by atoms with Crippen LogP contribution in [0.1, 0.15) is 25.3 Å². The lowest BCUT2D eigenvalue weighted by molar-refractivity contribution is -0.118. The topological polar surface area (TPSA) is 26.3 Å². The van der Waals surface area contributed by atoms with Crippen LogP contribution in [0.3, 0.4) is 0 Å². The van der Waals surface area contributed by atoms with E-state index in [0.29, 0.717) is 12.8 Å². The number of Topliss-reactive ketones (excluding diaryl/α,β-unsaturated/α-hetero) is 1. The molecule has 1 atom stereocenters. The van der Waals surface area contributed by atoms with Crippen LogP contribution in [0.25, 0.3) is 0 Å². The maximum Gasteiger partial charge on any atom is 0.146 e. The maximum atomic E-state index is 11.7. The van der Waals surface area contributed by atoms with Gasteiger partial charge in [0.2, 0.25) is 0 Å². The Balaban J connectivity index is 2.76. The van der Waals surface area contributed by atoms with Crippen LogP contribution in [-0.2, 0) is 11.2 Å². The highest BCUT2D eigenvalue weighted by Crippen LogP contribution is 2.25. The van der Waals surface area contributed by atoms with Gasteiger partial charge in [0.25, 0.3) is 0 Å². The molecule has 0 heterocycles. The van der Waals surface area contributed by atoms with Gasteiger partial charge in [-0.3, -0.25) is 4.79 Å². The van der Waals surface area contributed by atoms with Crippen molar-refractivity contribution in [3.05, 3.63) is 28.2 Å². The standard InChI is InChI=1S/C13H16Br2O2/c1-3-4-13(16)12(15)8-9-7-10(17-2)5-6-11(9)14/h5-7,12H,3-4,8H2,1-2H3. The van der Waals surface area contributed by atoms with E-state index in [1.807, 2.05) is 25.1 Å². The second kappa shape index (κ2) is 7.17. The molecule has 4 heteroatoms. The third-order valence-electron chi connectivity index (χ3n) is 2.50. The predicted octanol–water partition coefficient (Wildman–Crippen LogP) is 4.13. The van der Waals surface area contributed by atoms with E-state index in [2.05, 4.69) is 31.9 Å². The second-order valence-electron chi connectivity index (χ2n) is 3.85. The summed E-state index contributed by atoms with van der Waals surface area (Å²) in [5, 5.41) is 0. The molecule has 1 aromatic rings. The molecule has 0 fully saturated rings. The Bertz CT molecular complexity index is 391. The van der Waals surface area contributed by atoms with Gasteiger partial charge in [-0.15, -0.1) is 0 Å². The fourth-order valence-electron chi connectivity index (χ4n) is 1.54. The summed E-state index contributed by atoms with van der Waals surface area (Å²) < 4.78 is 6.18. The molecule has 1 rings (SSSR count). The van der Waals surface area contributed by atoms with Crippen molar-refractivity contribution in [1.29, 1.82) is 0 Å². The van der Waals surface area contributed by atoms with E-state index in [9.17, 15) is 4.79 Å². The first-order valence-electron chi connectivity index (χ1n) is 5.57. The summed E-state index contributed by atoms with van der Waals surface area (Å²) >= 11 is 6.94. The molecule has 0 aromatic heterocycles. The van der Waals surface area contributed by atoms with Crippen molar-refractivity contribution >= 4 is 37.6 Å². The number of ether oxygens (including phenoxy) is 1. The molecule has 0 aliphatic rings. The summed E-state index contributed by atoms with van der Waals surface area (Å²) in [6.07, 6.45) is 2.19. The van der Waals surface area contributed by atoms with Gasteiger partial charge >= 0.3 is 0 Å². The van der Waals surface area contributed by atoms with E-state index in [0.717, 1.165) is 22.2 Å². The highest BCUT2D eigenvalue weighted by Gasteiger charge is 2.16. The average molecular weight is 364 g/mol. The molecule has 0 N–H and O–H groups in total. The van der Waals surface area contributed by atoms with Crippen LogP contribution in [0.5, 0.6) is 5.75 Å². The summed E-state index contributed by atoms with van der Waals surface area (Å²) in [6, 6.07) is 5.79. The molecule has 1 aromatic carbocycles. The Morgan fingerprint density at radius 2 is 2.18 bits per heavy atom. The number of halogens is 2. The van der Waals surface area contributed by atoms with Crippen molar-refractivity contribution in [3.8, 4) is 5.75 Å². The minimum atomic E-state index is -0.120. The van der Waals surface area contributed by atoms with Crippen molar-refractivity contribution in [3.63, 3.8) is 0 Å². The Hall–Kier alpha value is -0.350. The molecule has 0 bridgehead atoms. The number of hydrogen-bond donors (Lipinski definition) is 0. The van der Waals surface area contributed by atoms with Crippen molar-refractivity contribution in [1.82, 2.24) is 0 Å². The van der Waals surface area contributed by atoms with E-state index in [4.69, 9.17) is 4.74 Å². The van der Waals surface area contributed by atoms with Gasteiger partial charge in [-0.1, -0.05) is 38.8 Å². The third kappa shape index (κ3) is 4.43. The fourth-order valence-corrected chi connectivity index (χ4v) is 2.53. The first kappa shape index (κ1) is 14.7. The SMILES string of the molecule is CCCC(=O)C(Br)Cc1cc(OC)ccc1Br. The lowest BCUT2D eigenvalue weighted by Crippen LogP contribution is -2.16. The van der Waals surface area contributed by atoms with E-state index in [1.54, 1.807) is 7.11 Å². The molecule has 1 unspecified atom stereocenters. The van der Waals surface area contributed by atoms with Crippen LogP contribution < -0.4 is 4.74 Å². The van der Waals surface area contributed by atoms with E-state index >= 15 is 0 Å². The quantitative estimate of drug-likeness (QED) is 0.710. The zero-order chi connectivity index (χ0) is 12.8. The smallest absolute Gasteiger partial charge is 0.146 e. The van der Waals surface area contributed by atoms with E-state index in [1.165, 1.54) is 0 Å². The van der Waals surface area contributed by atoms with E-state index in [-0.39, 0.29) is 10.6 Å². The Morgan fingerprint density at radius 3 is 2.76 bits per heavy atom. The number of rotatable bonds is 6. The third-order valence-corrected chi connectivity index (χ3v) is 4.11. The molecular weight excluding hydrogens is 348 g/mol. The molecule has 0 aliphatic heterocycles. The maximum absolute atomic E-state index is 11.7. The highest BCUT2D eigenvalue weighted by atomic mass is 79.9. The van der Waals surface area contributed by atoms with Crippen LogP contribution >= 0.6 is 31.9 Å². The minimum absolute atomic E-state index is 0.120. The highest BCUT2D eigenvalue weighted by molar-refractivity contribution is 9.10. The molecule has 0 aliphatic carbocycles. The van der Waals surface area contributed by atoms with Crippen molar-refractivity contribution in [2.24, 2.45) is 0 Å². The van der Waals surface area contributed by atoms with Gasteiger partial charge in [-0.05, 0) is 36.6 Å². The van der Waals surface area contributed by atoms with Gasteiger partial charge in [-0.2, -0.15) is 0 Å². The van der Waals surface area contributed by atoms with Crippen molar-refractivity contribution in [2.75, 3.05) is 7.11 Å². The molecule has 17 heavy (non-hydrogen) atoms. The molecule has 2 nitrogen and oxygen atoms in total. The lowest BCUT2D eigenvalue weighted by Gasteiger charge is -2.11. The van der Waals surface area contributed by atoms with Crippen LogP contribution in [0, 0.1) is 0 Å². The molecule has 0 saturated heterocycles. The van der Waals surface area contributed by atoms with Crippen LogP contribution in [0.15, 0.2) is 22.7 Å². The molecule has 0 saturated carbocycles. The summed E-state index contributed by atoms with van der Waals surface area (Å²) in [5.74, 6) is 1.06.